The molecule has 0 N–H and O–H groups in total. The van der Waals surface area contributed by atoms with E-state index in [4.69, 9.17) is 0 Å². The van der Waals surface area contributed by atoms with Gasteiger partial charge in [-0.3, -0.25) is 14.5 Å². The zero-order valence-electron chi connectivity index (χ0n) is 8.54. The second-order valence-electron chi connectivity index (χ2n) is 3.71. The van der Waals surface area contributed by atoms with Crippen LogP contribution in [0, 0.1) is 11.6 Å². The topological polar surface area (TPSA) is 37.4 Å². The third-order valence-corrected chi connectivity index (χ3v) is 2.72. The minimum atomic E-state index is -0.821. The first kappa shape index (κ1) is 10.7. The van der Waals surface area contributed by atoms with Crippen LogP contribution in [-0.4, -0.2) is 23.8 Å². The van der Waals surface area contributed by atoms with Gasteiger partial charge in [-0.2, -0.15) is 0 Å². The van der Waals surface area contributed by atoms with Crippen molar-refractivity contribution < 1.29 is 18.4 Å². The summed E-state index contributed by atoms with van der Waals surface area (Å²) >= 11 is 0. The largest absolute Gasteiger partial charge is 0.285 e. The number of imide groups is 1. The summed E-state index contributed by atoms with van der Waals surface area (Å²) in [6, 6.07) is 3.00. The Morgan fingerprint density at radius 3 is 2.50 bits per heavy atom. The van der Waals surface area contributed by atoms with Gasteiger partial charge in [0.25, 0.3) is 0 Å². The normalized spacial score (nSPS) is 20.7. The van der Waals surface area contributed by atoms with Crippen molar-refractivity contribution in [1.29, 1.82) is 0 Å². The molecule has 3 nitrogen and oxygen atoms in total. The van der Waals surface area contributed by atoms with Crippen LogP contribution >= 0.6 is 0 Å². The maximum atomic E-state index is 13.4. The molecule has 84 valence electrons. The third-order valence-electron chi connectivity index (χ3n) is 2.72. The van der Waals surface area contributed by atoms with Gasteiger partial charge in [0.1, 0.15) is 11.6 Å². The van der Waals surface area contributed by atoms with E-state index in [-0.39, 0.29) is 17.9 Å². The second-order valence-corrected chi connectivity index (χ2v) is 3.71. The van der Waals surface area contributed by atoms with E-state index in [2.05, 4.69) is 0 Å². The quantitative estimate of drug-likeness (QED) is 0.678. The summed E-state index contributed by atoms with van der Waals surface area (Å²) < 4.78 is 26.1. The lowest BCUT2D eigenvalue weighted by Crippen LogP contribution is -2.25. The molecule has 2 amide bonds. The zero-order valence-corrected chi connectivity index (χ0v) is 8.54. The number of amides is 2. The molecule has 1 heterocycles. The van der Waals surface area contributed by atoms with Crippen molar-refractivity contribution in [1.82, 2.24) is 4.90 Å². The molecule has 0 aromatic heterocycles. The number of rotatable bonds is 1. The molecule has 5 heteroatoms. The summed E-state index contributed by atoms with van der Waals surface area (Å²) in [4.78, 5) is 23.8. The van der Waals surface area contributed by atoms with Crippen LogP contribution in [0.3, 0.4) is 0 Å². The standard InChI is InChI=1S/C11H9F2NO2/c1-14-10(15)5-8(11(14)16)7-3-2-6(12)4-9(7)13/h2-4,8H,5H2,1H3. The predicted molar refractivity (Wildman–Crippen MR) is 51.5 cm³/mol. The molecule has 1 aromatic carbocycles. The van der Waals surface area contributed by atoms with Crippen LogP contribution in [0.25, 0.3) is 0 Å². The van der Waals surface area contributed by atoms with E-state index in [9.17, 15) is 18.4 Å². The van der Waals surface area contributed by atoms with E-state index in [1.165, 1.54) is 13.1 Å². The molecule has 1 aliphatic heterocycles. The van der Waals surface area contributed by atoms with Gasteiger partial charge in [-0.1, -0.05) is 6.07 Å². The van der Waals surface area contributed by atoms with Crippen LogP contribution in [0.1, 0.15) is 17.9 Å². The number of hydrogen-bond donors (Lipinski definition) is 0. The van der Waals surface area contributed by atoms with Gasteiger partial charge in [0, 0.05) is 25.1 Å². The minimum Gasteiger partial charge on any atom is -0.285 e. The maximum Gasteiger partial charge on any atom is 0.237 e. The summed E-state index contributed by atoms with van der Waals surface area (Å²) in [7, 11) is 1.35. The van der Waals surface area contributed by atoms with E-state index in [0.29, 0.717) is 6.07 Å². The first-order valence-corrected chi connectivity index (χ1v) is 4.76. The Morgan fingerprint density at radius 1 is 1.31 bits per heavy atom. The van der Waals surface area contributed by atoms with Crippen molar-refractivity contribution in [3.8, 4) is 0 Å². The SMILES string of the molecule is CN1C(=O)CC(c2ccc(F)cc2F)C1=O. The Labute approximate surface area is 90.7 Å². The molecule has 1 fully saturated rings. The Bertz CT molecular complexity index is 473. The van der Waals surface area contributed by atoms with Crippen molar-refractivity contribution in [2.24, 2.45) is 0 Å². The fraction of sp³-hybridized carbons (Fsp3) is 0.273. The fourth-order valence-corrected chi connectivity index (χ4v) is 1.78. The van der Waals surface area contributed by atoms with E-state index < -0.39 is 23.5 Å². The molecule has 0 aliphatic carbocycles. The molecular formula is C11H9F2NO2. The highest BCUT2D eigenvalue weighted by atomic mass is 19.1. The molecule has 1 aliphatic rings. The summed E-state index contributed by atoms with van der Waals surface area (Å²) in [6.45, 7) is 0. The van der Waals surface area contributed by atoms with Crippen molar-refractivity contribution in [2.45, 2.75) is 12.3 Å². The summed E-state index contributed by atoms with van der Waals surface area (Å²) in [5.74, 6) is -3.11. The number of likely N-dealkylation sites (tertiary alicyclic amines) is 1. The smallest absolute Gasteiger partial charge is 0.237 e. The average Bonchev–Trinajstić information content (AvgIpc) is 2.46. The number of carbonyl (C=O) groups is 2. The highest BCUT2D eigenvalue weighted by molar-refractivity contribution is 6.05. The summed E-state index contributed by atoms with van der Waals surface area (Å²) in [6.07, 6.45) is -0.0577. The van der Waals surface area contributed by atoms with Gasteiger partial charge in [0.15, 0.2) is 0 Å². The van der Waals surface area contributed by atoms with Gasteiger partial charge in [-0.15, -0.1) is 0 Å². The van der Waals surface area contributed by atoms with Crippen molar-refractivity contribution in [3.63, 3.8) is 0 Å². The van der Waals surface area contributed by atoms with Crippen LogP contribution < -0.4 is 0 Å². The molecule has 1 saturated heterocycles. The van der Waals surface area contributed by atoms with Crippen LogP contribution in [0.15, 0.2) is 18.2 Å². The number of nitrogens with zero attached hydrogens (tertiary/aromatic N) is 1. The Morgan fingerprint density at radius 2 is 2.00 bits per heavy atom. The van der Waals surface area contributed by atoms with E-state index >= 15 is 0 Å². The number of benzene rings is 1. The van der Waals surface area contributed by atoms with Gasteiger partial charge < -0.3 is 0 Å². The number of likely N-dealkylation sites (N-methyl/N-ethyl adjacent to an activating group) is 1. The molecule has 0 radical (unpaired) electrons. The summed E-state index contributed by atoms with van der Waals surface area (Å²) in [5, 5.41) is 0. The molecule has 16 heavy (non-hydrogen) atoms. The van der Waals surface area contributed by atoms with Crippen molar-refractivity contribution in [2.75, 3.05) is 7.05 Å². The van der Waals surface area contributed by atoms with Gasteiger partial charge in [0.05, 0.1) is 5.92 Å². The van der Waals surface area contributed by atoms with E-state index in [1.54, 1.807) is 0 Å². The van der Waals surface area contributed by atoms with Gasteiger partial charge in [-0.05, 0) is 6.07 Å². The zero-order chi connectivity index (χ0) is 11.9. The Balaban J connectivity index is 2.39. The fourth-order valence-electron chi connectivity index (χ4n) is 1.78. The maximum absolute atomic E-state index is 13.4. The van der Waals surface area contributed by atoms with Crippen LogP contribution in [0.2, 0.25) is 0 Å². The lowest BCUT2D eigenvalue weighted by atomic mass is 9.97. The second kappa shape index (κ2) is 3.66. The lowest BCUT2D eigenvalue weighted by molar-refractivity contribution is -0.137. The number of carbonyl (C=O) groups excluding carboxylic acids is 2. The molecule has 0 bridgehead atoms. The minimum absolute atomic E-state index is 0.0577. The first-order chi connectivity index (χ1) is 7.50. The third kappa shape index (κ3) is 1.58. The average molecular weight is 225 g/mol. The molecule has 0 saturated carbocycles. The van der Waals surface area contributed by atoms with Gasteiger partial charge >= 0.3 is 0 Å². The number of hydrogen-bond acceptors (Lipinski definition) is 2. The Kier molecular flexibility index (Phi) is 2.46. The van der Waals surface area contributed by atoms with Crippen LogP contribution in [0.5, 0.6) is 0 Å². The molecule has 1 atom stereocenters. The van der Waals surface area contributed by atoms with Gasteiger partial charge in [-0.25, -0.2) is 8.78 Å². The van der Waals surface area contributed by atoms with Crippen molar-refractivity contribution in [3.05, 3.63) is 35.4 Å². The van der Waals surface area contributed by atoms with Crippen molar-refractivity contribution >= 4 is 11.8 Å². The van der Waals surface area contributed by atoms with Crippen LogP contribution in [0.4, 0.5) is 8.78 Å². The molecule has 2 rings (SSSR count). The molecule has 0 spiro atoms. The lowest BCUT2D eigenvalue weighted by Gasteiger charge is -2.09. The van der Waals surface area contributed by atoms with Gasteiger partial charge in [0.2, 0.25) is 11.8 Å². The molecule has 1 aromatic rings. The first-order valence-electron chi connectivity index (χ1n) is 4.76. The molecular weight excluding hydrogens is 216 g/mol. The monoisotopic (exact) mass is 225 g/mol. The highest BCUT2D eigenvalue weighted by Crippen LogP contribution is 2.30. The summed E-state index contributed by atoms with van der Waals surface area (Å²) in [5.41, 5.74) is 0.0732. The highest BCUT2D eigenvalue weighted by Gasteiger charge is 2.38. The molecule has 1 unspecified atom stereocenters. The van der Waals surface area contributed by atoms with Crippen LogP contribution in [-0.2, 0) is 9.59 Å². The van der Waals surface area contributed by atoms with E-state index in [1.807, 2.05) is 0 Å². The van der Waals surface area contributed by atoms with E-state index in [0.717, 1.165) is 11.0 Å². The predicted octanol–water partition coefficient (Wildman–Crippen LogP) is 1.44. The number of halogens is 2. The Hall–Kier alpha value is -1.78.